The van der Waals surface area contributed by atoms with Crippen LogP contribution in [0.25, 0.3) is 10.8 Å². The van der Waals surface area contributed by atoms with Crippen LogP contribution in [0.15, 0.2) is 53.7 Å². The van der Waals surface area contributed by atoms with Crippen LogP contribution in [0, 0.1) is 5.92 Å². The van der Waals surface area contributed by atoms with Gasteiger partial charge in [-0.1, -0.05) is 23.7 Å². The standard InChI is InChI=1S/C34H42ClN7O5S/c1-20(2)47-29-14-22-19-42(24-10-12-41(13-11-24)32(43)23-17-40(5)18-23)33(44)25(22)15-28(29)38-34-36-16-26(35)31(39-34)37-27-8-6-7-9-30(27)48(45,46)21(3)4/h6-9,14-16,19-21,23-24,44H,10-13,17-18H2,1-5H3,(H2,36,37,38,39). The average Bonchev–Trinajstić information content (AvgIpc) is 3.35. The maximum Gasteiger partial charge on any atom is 0.229 e. The van der Waals surface area contributed by atoms with Gasteiger partial charge >= 0.3 is 0 Å². The molecule has 2 aromatic carbocycles. The molecule has 48 heavy (non-hydrogen) atoms. The fourth-order valence-corrected chi connectivity index (χ4v) is 7.63. The van der Waals surface area contributed by atoms with Crippen molar-refractivity contribution in [2.75, 3.05) is 43.9 Å². The van der Waals surface area contributed by atoms with Gasteiger partial charge in [-0.25, -0.2) is 13.4 Å². The Labute approximate surface area is 286 Å². The number of hydrogen-bond donors (Lipinski definition) is 3. The van der Waals surface area contributed by atoms with Crippen LogP contribution in [0.5, 0.6) is 11.6 Å². The number of carbonyl (C=O) groups is 1. The molecule has 4 heterocycles. The number of fused-ring (bicyclic) bond motifs is 1. The van der Waals surface area contributed by atoms with Gasteiger partial charge in [-0.2, -0.15) is 4.98 Å². The summed E-state index contributed by atoms with van der Waals surface area (Å²) in [7, 11) is -1.56. The molecule has 1 amide bonds. The van der Waals surface area contributed by atoms with Gasteiger partial charge in [-0.3, -0.25) is 4.79 Å². The van der Waals surface area contributed by atoms with Crippen LogP contribution in [0.4, 0.5) is 23.1 Å². The number of likely N-dealkylation sites (tertiary alicyclic amines) is 2. The van der Waals surface area contributed by atoms with Gasteiger partial charge in [0.15, 0.2) is 21.5 Å². The first-order chi connectivity index (χ1) is 22.8. The molecule has 14 heteroatoms. The van der Waals surface area contributed by atoms with Gasteiger partial charge in [0.2, 0.25) is 11.9 Å². The number of nitrogens with one attached hydrogen (secondary N) is 2. The number of aromatic nitrogens is 3. The van der Waals surface area contributed by atoms with E-state index in [0.717, 1.165) is 31.3 Å². The van der Waals surface area contributed by atoms with Gasteiger partial charge in [0.25, 0.3) is 0 Å². The number of ether oxygens (including phenoxy) is 1. The molecule has 0 radical (unpaired) electrons. The highest BCUT2D eigenvalue weighted by Gasteiger charge is 2.35. The Morgan fingerprint density at radius 1 is 1.06 bits per heavy atom. The Balaban J connectivity index is 1.26. The molecular weight excluding hydrogens is 654 g/mol. The number of nitrogens with zero attached hydrogens (tertiary/aromatic N) is 5. The molecule has 3 N–H and O–H groups in total. The molecule has 0 saturated carbocycles. The summed E-state index contributed by atoms with van der Waals surface area (Å²) in [5.74, 6) is 1.41. The number of amides is 1. The van der Waals surface area contributed by atoms with Crippen molar-refractivity contribution >= 4 is 61.3 Å². The first-order valence-electron chi connectivity index (χ1n) is 16.2. The van der Waals surface area contributed by atoms with Gasteiger partial charge in [-0.15, -0.1) is 0 Å². The van der Waals surface area contributed by atoms with Crippen molar-refractivity contribution in [1.82, 2.24) is 24.3 Å². The minimum Gasteiger partial charge on any atom is -0.494 e. The molecule has 2 aliphatic heterocycles. The molecule has 12 nitrogen and oxygen atoms in total. The summed E-state index contributed by atoms with van der Waals surface area (Å²) in [5, 5.41) is 18.7. The molecule has 0 aliphatic carbocycles. The van der Waals surface area contributed by atoms with E-state index < -0.39 is 15.1 Å². The molecule has 0 unspecified atom stereocenters. The lowest BCUT2D eigenvalue weighted by molar-refractivity contribution is -0.141. The minimum absolute atomic E-state index is 0.0482. The number of para-hydroxylation sites is 1. The van der Waals surface area contributed by atoms with E-state index in [1.807, 2.05) is 42.6 Å². The Kier molecular flexibility index (Phi) is 9.47. The van der Waals surface area contributed by atoms with E-state index in [0.29, 0.717) is 35.6 Å². The predicted octanol–water partition coefficient (Wildman–Crippen LogP) is 5.97. The molecule has 2 saturated heterocycles. The summed E-state index contributed by atoms with van der Waals surface area (Å²) >= 11 is 6.46. The number of aromatic hydroxyl groups is 1. The fraction of sp³-hybridized carbons (Fsp3) is 0.441. The van der Waals surface area contributed by atoms with E-state index in [1.165, 1.54) is 6.20 Å². The smallest absolute Gasteiger partial charge is 0.229 e. The van der Waals surface area contributed by atoms with Crippen molar-refractivity contribution in [1.29, 1.82) is 0 Å². The van der Waals surface area contributed by atoms with Crippen molar-refractivity contribution in [2.45, 2.75) is 62.8 Å². The van der Waals surface area contributed by atoms with E-state index in [9.17, 15) is 18.3 Å². The second kappa shape index (κ2) is 13.4. The number of benzene rings is 2. The van der Waals surface area contributed by atoms with Gasteiger partial charge in [0, 0.05) is 49.2 Å². The zero-order chi connectivity index (χ0) is 34.3. The highest BCUT2D eigenvalue weighted by molar-refractivity contribution is 7.92. The SMILES string of the molecule is CC(C)Oc1cc2cn(C3CCN(C(=O)C4CN(C)C4)CC3)c(O)c2cc1Nc1ncc(Cl)c(Nc2ccccc2S(=O)(=O)C(C)C)n1. The molecule has 2 aliphatic rings. The first-order valence-corrected chi connectivity index (χ1v) is 18.1. The monoisotopic (exact) mass is 695 g/mol. The Morgan fingerprint density at radius 2 is 1.77 bits per heavy atom. The number of carbonyl (C=O) groups excluding carboxylic acids is 1. The van der Waals surface area contributed by atoms with Crippen molar-refractivity contribution in [3.8, 4) is 11.6 Å². The summed E-state index contributed by atoms with van der Waals surface area (Å²) < 4.78 is 34.1. The number of anilines is 4. The third kappa shape index (κ3) is 6.76. The van der Waals surface area contributed by atoms with Crippen LogP contribution in [0.3, 0.4) is 0 Å². The number of piperidine rings is 1. The van der Waals surface area contributed by atoms with E-state index in [2.05, 4.69) is 25.5 Å². The van der Waals surface area contributed by atoms with Gasteiger partial charge in [0.1, 0.15) is 10.8 Å². The molecule has 0 atom stereocenters. The van der Waals surface area contributed by atoms with Crippen molar-refractivity contribution in [2.24, 2.45) is 5.92 Å². The Bertz CT molecular complexity index is 1930. The largest absolute Gasteiger partial charge is 0.494 e. The summed E-state index contributed by atoms with van der Waals surface area (Å²) in [5.41, 5.74) is 0.881. The lowest BCUT2D eigenvalue weighted by atomic mass is 9.97. The second-order valence-corrected chi connectivity index (χ2v) is 16.0. The summed E-state index contributed by atoms with van der Waals surface area (Å²) in [6, 6.07) is 10.3. The van der Waals surface area contributed by atoms with Gasteiger partial charge in [0.05, 0.1) is 39.7 Å². The number of hydrogen-bond acceptors (Lipinski definition) is 10. The first kappa shape index (κ1) is 33.8. The quantitative estimate of drug-likeness (QED) is 0.182. The van der Waals surface area contributed by atoms with Gasteiger partial charge in [-0.05, 0) is 71.8 Å². The molecule has 2 aromatic heterocycles. The number of rotatable bonds is 10. The maximum absolute atomic E-state index is 13.0. The van der Waals surface area contributed by atoms with Crippen LogP contribution in [0.1, 0.15) is 46.6 Å². The lowest BCUT2D eigenvalue weighted by Crippen LogP contribution is -2.54. The van der Waals surface area contributed by atoms with E-state index in [-0.39, 0.29) is 51.5 Å². The number of sulfone groups is 1. The van der Waals surface area contributed by atoms with Crippen molar-refractivity contribution < 1.29 is 23.1 Å². The molecule has 6 rings (SSSR count). The maximum atomic E-state index is 13.0. The third-order valence-corrected chi connectivity index (χ3v) is 11.4. The summed E-state index contributed by atoms with van der Waals surface area (Å²) in [4.78, 5) is 26.0. The third-order valence-electron chi connectivity index (χ3n) is 8.92. The van der Waals surface area contributed by atoms with Crippen LogP contribution in [-0.4, -0.2) is 88.3 Å². The summed E-state index contributed by atoms with van der Waals surface area (Å²) in [6.07, 6.45) is 4.72. The summed E-state index contributed by atoms with van der Waals surface area (Å²) in [6.45, 7) is 10.1. The zero-order valence-corrected chi connectivity index (χ0v) is 29.3. The number of halogens is 1. The van der Waals surface area contributed by atoms with Crippen LogP contribution in [-0.2, 0) is 14.6 Å². The molecular formula is C34H42ClN7O5S. The Hall–Kier alpha value is -4.07. The van der Waals surface area contributed by atoms with E-state index >= 15 is 0 Å². The van der Waals surface area contributed by atoms with Gasteiger partial charge < -0.3 is 34.8 Å². The molecule has 0 bridgehead atoms. The lowest BCUT2D eigenvalue weighted by Gasteiger charge is -2.40. The average molecular weight is 696 g/mol. The minimum atomic E-state index is -3.58. The van der Waals surface area contributed by atoms with Crippen LogP contribution in [0.2, 0.25) is 5.02 Å². The molecule has 2 fully saturated rings. The van der Waals surface area contributed by atoms with E-state index in [1.54, 1.807) is 44.2 Å². The topological polar surface area (TPSA) is 142 Å². The van der Waals surface area contributed by atoms with Crippen molar-refractivity contribution in [3.05, 3.63) is 53.8 Å². The highest BCUT2D eigenvalue weighted by atomic mass is 35.5. The molecule has 256 valence electrons. The predicted molar refractivity (Wildman–Crippen MR) is 188 cm³/mol. The normalized spacial score (nSPS) is 16.5. The molecule has 0 spiro atoms. The highest BCUT2D eigenvalue weighted by Crippen LogP contribution is 2.41. The van der Waals surface area contributed by atoms with Crippen molar-refractivity contribution in [3.63, 3.8) is 0 Å². The van der Waals surface area contributed by atoms with Crippen LogP contribution >= 0.6 is 11.6 Å². The zero-order valence-electron chi connectivity index (χ0n) is 27.8. The van der Waals surface area contributed by atoms with E-state index in [4.69, 9.17) is 16.3 Å². The van der Waals surface area contributed by atoms with Crippen LogP contribution < -0.4 is 15.4 Å². The Morgan fingerprint density at radius 3 is 2.44 bits per heavy atom. The fourth-order valence-electron chi connectivity index (χ4n) is 6.29. The molecule has 4 aromatic rings. The second-order valence-electron chi connectivity index (χ2n) is 13.2.